The van der Waals surface area contributed by atoms with Crippen molar-refractivity contribution in [3.8, 4) is 6.07 Å². The molecule has 2 unspecified atom stereocenters. The molecule has 1 aliphatic heterocycles. The Balaban J connectivity index is 2.20. The van der Waals surface area contributed by atoms with Crippen molar-refractivity contribution < 1.29 is 28.6 Å². The van der Waals surface area contributed by atoms with E-state index in [0.29, 0.717) is 0 Å². The van der Waals surface area contributed by atoms with Gasteiger partial charge in [0.1, 0.15) is 12.2 Å². The molecule has 2 amide bonds. The van der Waals surface area contributed by atoms with Gasteiger partial charge in [-0.3, -0.25) is 9.80 Å². The third-order valence-electron chi connectivity index (χ3n) is 4.46. The number of amides is 2. The highest BCUT2D eigenvalue weighted by molar-refractivity contribution is 5.83. The van der Waals surface area contributed by atoms with Crippen LogP contribution in [0.2, 0.25) is 0 Å². The number of methoxy groups -OCH3 is 1. The SMILES string of the molecule is COC(=O)C1CN(C(=O)OCc2ccccc2)C(CC#N)CN1C(=O)OC(C)(C)C. The zero-order valence-electron chi connectivity index (χ0n) is 17.7. The van der Waals surface area contributed by atoms with Crippen molar-refractivity contribution in [3.05, 3.63) is 35.9 Å². The van der Waals surface area contributed by atoms with E-state index in [1.165, 1.54) is 16.9 Å². The number of ether oxygens (including phenoxy) is 3. The van der Waals surface area contributed by atoms with Crippen molar-refractivity contribution in [2.24, 2.45) is 0 Å². The molecule has 1 heterocycles. The molecule has 30 heavy (non-hydrogen) atoms. The molecule has 1 fully saturated rings. The van der Waals surface area contributed by atoms with Gasteiger partial charge in [0.2, 0.25) is 0 Å². The Morgan fingerprint density at radius 1 is 1.10 bits per heavy atom. The normalized spacial score (nSPS) is 18.9. The quantitative estimate of drug-likeness (QED) is 0.547. The van der Waals surface area contributed by atoms with Gasteiger partial charge in [0.15, 0.2) is 6.04 Å². The first-order chi connectivity index (χ1) is 14.2. The standard InChI is InChI=1S/C21H27N3O6/c1-21(2,3)30-20(27)24-12-16(10-11-22)23(13-17(24)18(25)28-4)19(26)29-14-15-8-6-5-7-9-15/h5-9,16-17H,10,12-14H2,1-4H3. The molecule has 2 rings (SSSR count). The highest BCUT2D eigenvalue weighted by atomic mass is 16.6. The fourth-order valence-corrected chi connectivity index (χ4v) is 3.05. The molecule has 9 nitrogen and oxygen atoms in total. The number of esters is 1. The molecule has 0 N–H and O–H groups in total. The predicted octanol–water partition coefficient (Wildman–Crippen LogP) is 2.70. The van der Waals surface area contributed by atoms with Gasteiger partial charge in [-0.15, -0.1) is 0 Å². The first-order valence-electron chi connectivity index (χ1n) is 9.58. The monoisotopic (exact) mass is 417 g/mol. The highest BCUT2D eigenvalue weighted by Crippen LogP contribution is 2.23. The largest absolute Gasteiger partial charge is 0.467 e. The lowest BCUT2D eigenvalue weighted by molar-refractivity contribution is -0.149. The van der Waals surface area contributed by atoms with E-state index >= 15 is 0 Å². The second-order valence-electron chi connectivity index (χ2n) is 7.88. The van der Waals surface area contributed by atoms with Crippen LogP contribution in [-0.2, 0) is 25.6 Å². The van der Waals surface area contributed by atoms with Gasteiger partial charge in [-0.25, -0.2) is 14.4 Å². The van der Waals surface area contributed by atoms with Crippen LogP contribution in [0, 0.1) is 11.3 Å². The molecular formula is C21H27N3O6. The summed E-state index contributed by atoms with van der Waals surface area (Å²) >= 11 is 0. The minimum absolute atomic E-state index is 0.0341. The zero-order chi connectivity index (χ0) is 22.3. The van der Waals surface area contributed by atoms with Gasteiger partial charge in [-0.1, -0.05) is 30.3 Å². The molecule has 1 aromatic rings. The summed E-state index contributed by atoms with van der Waals surface area (Å²) in [5.41, 5.74) is 0.0356. The summed E-state index contributed by atoms with van der Waals surface area (Å²) in [6.45, 7) is 4.97. The average Bonchev–Trinajstić information content (AvgIpc) is 2.70. The molecular weight excluding hydrogens is 390 g/mol. The first-order valence-corrected chi connectivity index (χ1v) is 9.58. The number of benzene rings is 1. The van der Waals surface area contributed by atoms with Crippen molar-refractivity contribution in [3.63, 3.8) is 0 Å². The van der Waals surface area contributed by atoms with E-state index in [1.807, 2.05) is 36.4 Å². The van der Waals surface area contributed by atoms with Crippen LogP contribution in [0.5, 0.6) is 0 Å². The molecule has 0 saturated carbocycles. The van der Waals surface area contributed by atoms with Gasteiger partial charge in [0, 0.05) is 6.54 Å². The maximum atomic E-state index is 12.7. The third kappa shape index (κ3) is 6.11. The molecule has 0 aliphatic carbocycles. The van der Waals surface area contributed by atoms with Crippen LogP contribution in [-0.4, -0.2) is 65.8 Å². The summed E-state index contributed by atoms with van der Waals surface area (Å²) < 4.78 is 15.6. The molecule has 0 bridgehead atoms. The van der Waals surface area contributed by atoms with E-state index in [4.69, 9.17) is 14.2 Å². The van der Waals surface area contributed by atoms with Crippen LogP contribution in [0.4, 0.5) is 9.59 Å². The Bertz CT molecular complexity index is 799. The number of carbonyl (C=O) groups excluding carboxylic acids is 3. The van der Waals surface area contributed by atoms with Crippen molar-refractivity contribution in [2.75, 3.05) is 20.2 Å². The van der Waals surface area contributed by atoms with Crippen LogP contribution in [0.1, 0.15) is 32.8 Å². The van der Waals surface area contributed by atoms with Gasteiger partial charge < -0.3 is 14.2 Å². The second-order valence-corrected chi connectivity index (χ2v) is 7.88. The van der Waals surface area contributed by atoms with Crippen molar-refractivity contribution in [1.29, 1.82) is 5.26 Å². The number of nitriles is 1. The van der Waals surface area contributed by atoms with Crippen molar-refractivity contribution in [1.82, 2.24) is 9.80 Å². The van der Waals surface area contributed by atoms with Crippen molar-refractivity contribution >= 4 is 18.2 Å². The number of hydrogen-bond acceptors (Lipinski definition) is 7. The number of carbonyl (C=O) groups is 3. The van der Waals surface area contributed by atoms with Crippen LogP contribution >= 0.6 is 0 Å². The summed E-state index contributed by atoms with van der Waals surface area (Å²) in [5, 5.41) is 9.20. The van der Waals surface area contributed by atoms with Gasteiger partial charge in [0.25, 0.3) is 0 Å². The van der Waals surface area contributed by atoms with E-state index in [0.717, 1.165) is 5.56 Å². The zero-order valence-corrected chi connectivity index (χ0v) is 17.7. The topological polar surface area (TPSA) is 109 Å². The molecule has 0 spiro atoms. The van der Waals surface area contributed by atoms with Gasteiger partial charge >= 0.3 is 18.2 Å². The summed E-state index contributed by atoms with van der Waals surface area (Å²) in [5.74, 6) is -0.683. The molecule has 9 heteroatoms. The smallest absolute Gasteiger partial charge is 0.411 e. The van der Waals surface area contributed by atoms with Crippen LogP contribution in [0.15, 0.2) is 30.3 Å². The molecule has 0 radical (unpaired) electrons. The van der Waals surface area contributed by atoms with Gasteiger partial charge in [-0.2, -0.15) is 5.26 Å². The summed E-state index contributed by atoms with van der Waals surface area (Å²) in [4.78, 5) is 40.2. The number of hydrogen-bond donors (Lipinski definition) is 0. The van der Waals surface area contributed by atoms with E-state index < -0.39 is 35.8 Å². The summed E-state index contributed by atoms with van der Waals surface area (Å²) in [6, 6.07) is 9.45. The maximum absolute atomic E-state index is 12.7. The predicted molar refractivity (Wildman–Crippen MR) is 106 cm³/mol. The summed E-state index contributed by atoms with van der Waals surface area (Å²) in [6.07, 6.45) is -1.41. The Morgan fingerprint density at radius 2 is 1.77 bits per heavy atom. The first kappa shape index (κ1) is 23.0. The lowest BCUT2D eigenvalue weighted by atomic mass is 10.1. The minimum Gasteiger partial charge on any atom is -0.467 e. The second kappa shape index (κ2) is 9.96. The Hall–Kier alpha value is -3.28. The molecule has 2 atom stereocenters. The minimum atomic E-state index is -1.07. The lowest BCUT2D eigenvalue weighted by Gasteiger charge is -2.43. The van der Waals surface area contributed by atoms with Crippen LogP contribution in [0.25, 0.3) is 0 Å². The Kier molecular flexibility index (Phi) is 7.64. The lowest BCUT2D eigenvalue weighted by Crippen LogP contribution is -2.64. The Morgan fingerprint density at radius 3 is 2.33 bits per heavy atom. The van der Waals surface area contributed by atoms with Crippen LogP contribution < -0.4 is 0 Å². The molecule has 162 valence electrons. The maximum Gasteiger partial charge on any atom is 0.411 e. The number of piperazine rings is 1. The average molecular weight is 417 g/mol. The molecule has 1 aromatic carbocycles. The Labute approximate surface area is 176 Å². The highest BCUT2D eigenvalue weighted by Gasteiger charge is 2.44. The van der Waals surface area contributed by atoms with E-state index in [1.54, 1.807) is 20.8 Å². The third-order valence-corrected chi connectivity index (χ3v) is 4.46. The van der Waals surface area contributed by atoms with Gasteiger partial charge in [-0.05, 0) is 26.3 Å². The number of nitrogens with zero attached hydrogens (tertiary/aromatic N) is 3. The van der Waals surface area contributed by atoms with Crippen molar-refractivity contribution in [2.45, 2.75) is 51.5 Å². The molecule has 1 aliphatic rings. The molecule has 1 saturated heterocycles. The number of rotatable bonds is 4. The summed E-state index contributed by atoms with van der Waals surface area (Å²) in [7, 11) is 1.20. The van der Waals surface area contributed by atoms with Gasteiger partial charge in [0.05, 0.1) is 32.2 Å². The fourth-order valence-electron chi connectivity index (χ4n) is 3.05. The van der Waals surface area contributed by atoms with Crippen LogP contribution in [0.3, 0.4) is 0 Å². The van der Waals surface area contributed by atoms with E-state index in [2.05, 4.69) is 0 Å². The fraction of sp³-hybridized carbons (Fsp3) is 0.524. The van der Waals surface area contributed by atoms with E-state index in [-0.39, 0.29) is 26.1 Å². The van der Waals surface area contributed by atoms with E-state index in [9.17, 15) is 19.6 Å². The molecule has 0 aromatic heterocycles.